The third-order valence-electron chi connectivity index (χ3n) is 5.22. The number of aromatic nitrogens is 3. The highest BCUT2D eigenvalue weighted by molar-refractivity contribution is 5.70. The smallest absolute Gasteiger partial charge is 0.410 e. The van der Waals surface area contributed by atoms with E-state index in [0.29, 0.717) is 36.8 Å². The van der Waals surface area contributed by atoms with Crippen molar-refractivity contribution in [3.8, 4) is 11.8 Å². The Hall–Kier alpha value is -3.61. The van der Waals surface area contributed by atoms with Crippen LogP contribution in [0.25, 0.3) is 0 Å². The second-order valence-electron chi connectivity index (χ2n) is 7.58. The Kier molecular flexibility index (Phi) is 6.54. The molecule has 4 rings (SSSR count). The van der Waals surface area contributed by atoms with Crippen molar-refractivity contribution in [3.05, 3.63) is 71.1 Å². The van der Waals surface area contributed by atoms with Crippen molar-refractivity contribution in [1.29, 1.82) is 0 Å². The number of aliphatic hydroxyl groups is 2. The minimum atomic E-state index is -0.667. The van der Waals surface area contributed by atoms with Crippen LogP contribution in [0.2, 0.25) is 0 Å². The fourth-order valence-corrected chi connectivity index (χ4v) is 3.49. The minimum absolute atomic E-state index is 0.104. The van der Waals surface area contributed by atoms with Crippen molar-refractivity contribution >= 4 is 6.09 Å². The quantitative estimate of drug-likeness (QED) is 0.542. The van der Waals surface area contributed by atoms with E-state index in [9.17, 15) is 15.0 Å². The van der Waals surface area contributed by atoms with E-state index in [1.807, 2.05) is 28.8 Å². The van der Waals surface area contributed by atoms with Gasteiger partial charge in [0.1, 0.15) is 24.2 Å². The van der Waals surface area contributed by atoms with Gasteiger partial charge in [0, 0.05) is 30.6 Å². The highest BCUT2D eigenvalue weighted by Crippen LogP contribution is 2.14. The number of benzene rings is 1. The van der Waals surface area contributed by atoms with Gasteiger partial charge in [-0.3, -0.25) is 4.90 Å². The lowest BCUT2D eigenvalue weighted by Crippen LogP contribution is -2.37. The van der Waals surface area contributed by atoms with E-state index in [0.717, 1.165) is 11.1 Å². The first kappa shape index (κ1) is 21.6. The van der Waals surface area contributed by atoms with Gasteiger partial charge in [0.05, 0.1) is 19.2 Å². The molecule has 166 valence electrons. The van der Waals surface area contributed by atoms with E-state index in [1.54, 1.807) is 30.3 Å². The predicted molar refractivity (Wildman–Crippen MR) is 114 cm³/mol. The van der Waals surface area contributed by atoms with E-state index >= 15 is 0 Å². The molecule has 3 heterocycles. The fraction of sp³-hybridized carbons (Fsp3) is 0.348. The number of aliphatic hydroxyl groups excluding tert-OH is 2. The van der Waals surface area contributed by atoms with E-state index < -0.39 is 6.10 Å². The van der Waals surface area contributed by atoms with Crippen LogP contribution in [0.1, 0.15) is 41.4 Å². The zero-order valence-electron chi connectivity index (χ0n) is 17.6. The van der Waals surface area contributed by atoms with E-state index in [2.05, 4.69) is 22.0 Å². The third kappa shape index (κ3) is 4.99. The van der Waals surface area contributed by atoms with Gasteiger partial charge in [0.2, 0.25) is 5.76 Å². The van der Waals surface area contributed by atoms with Crippen molar-refractivity contribution in [2.75, 3.05) is 19.8 Å². The lowest BCUT2D eigenvalue weighted by atomic mass is 10.1. The monoisotopic (exact) mass is 436 g/mol. The first-order valence-electron chi connectivity index (χ1n) is 10.3. The van der Waals surface area contributed by atoms with Crippen LogP contribution in [-0.2, 0) is 17.7 Å². The van der Waals surface area contributed by atoms with Crippen molar-refractivity contribution in [2.45, 2.75) is 32.0 Å². The lowest BCUT2D eigenvalue weighted by Gasteiger charge is -2.19. The standard InChI is InChI=1S/C23H24N4O5/c1-16(29)22-24-9-11-26(22)13-19-12-21(32-25-19)7-6-17-2-4-18(5-3-17)8-10-27-20(14-28)15-31-23(27)30/h2-5,9,11-12,16,20,28-29H,8,10,13-15H2,1H3. The number of rotatable bonds is 7. The Balaban J connectivity index is 1.34. The molecule has 1 amide bonds. The fourth-order valence-electron chi connectivity index (χ4n) is 3.49. The van der Waals surface area contributed by atoms with Crippen molar-refractivity contribution in [3.63, 3.8) is 0 Å². The summed E-state index contributed by atoms with van der Waals surface area (Å²) in [6.45, 7) is 2.71. The SMILES string of the molecule is CC(O)c1nccn1Cc1cc(C#Cc2ccc(CCN3C(=O)OCC3CO)cc2)on1. The summed E-state index contributed by atoms with van der Waals surface area (Å²) in [6.07, 6.45) is 3.02. The van der Waals surface area contributed by atoms with Crippen LogP contribution >= 0.6 is 0 Å². The van der Waals surface area contributed by atoms with Crippen molar-refractivity contribution in [2.24, 2.45) is 0 Å². The molecule has 9 heteroatoms. The molecule has 1 fully saturated rings. The Bertz CT molecular complexity index is 1120. The van der Waals surface area contributed by atoms with Gasteiger partial charge in [-0.15, -0.1) is 0 Å². The summed E-state index contributed by atoms with van der Waals surface area (Å²) in [5.41, 5.74) is 2.57. The molecule has 32 heavy (non-hydrogen) atoms. The van der Waals surface area contributed by atoms with Crippen LogP contribution in [0.5, 0.6) is 0 Å². The van der Waals surface area contributed by atoms with Gasteiger partial charge >= 0.3 is 6.09 Å². The van der Waals surface area contributed by atoms with Gasteiger partial charge in [0.15, 0.2) is 0 Å². The molecule has 2 unspecified atom stereocenters. The molecule has 2 N–H and O–H groups in total. The zero-order valence-corrected chi connectivity index (χ0v) is 17.6. The Morgan fingerprint density at radius 2 is 2.09 bits per heavy atom. The molecular formula is C23H24N4O5. The summed E-state index contributed by atoms with van der Waals surface area (Å²) in [4.78, 5) is 17.4. The molecule has 0 aliphatic carbocycles. The van der Waals surface area contributed by atoms with Crippen LogP contribution in [0, 0.1) is 11.8 Å². The van der Waals surface area contributed by atoms with Gasteiger partial charge in [-0.2, -0.15) is 0 Å². The lowest BCUT2D eigenvalue weighted by molar-refractivity contribution is 0.154. The average Bonchev–Trinajstić information content (AvgIpc) is 3.52. The maximum Gasteiger partial charge on any atom is 0.410 e. The summed E-state index contributed by atoms with van der Waals surface area (Å²) in [7, 11) is 0. The highest BCUT2D eigenvalue weighted by Gasteiger charge is 2.31. The van der Waals surface area contributed by atoms with Gasteiger partial charge in [0.25, 0.3) is 0 Å². The first-order valence-corrected chi connectivity index (χ1v) is 10.3. The van der Waals surface area contributed by atoms with Gasteiger partial charge < -0.3 is 24.0 Å². The molecule has 1 aliphatic heterocycles. The molecule has 1 aromatic carbocycles. The molecule has 0 radical (unpaired) electrons. The minimum Gasteiger partial charge on any atom is -0.447 e. The highest BCUT2D eigenvalue weighted by atomic mass is 16.6. The number of carbonyl (C=O) groups excluding carboxylic acids is 1. The van der Waals surface area contributed by atoms with Gasteiger partial charge in [-0.05, 0) is 37.0 Å². The molecule has 0 spiro atoms. The molecule has 3 aromatic rings. The predicted octanol–water partition coefficient (Wildman–Crippen LogP) is 1.73. The van der Waals surface area contributed by atoms with Crippen LogP contribution in [-0.4, -0.2) is 61.7 Å². The molecule has 0 saturated carbocycles. The molecule has 1 aliphatic rings. The number of ether oxygens (including phenoxy) is 1. The second kappa shape index (κ2) is 9.68. The van der Waals surface area contributed by atoms with Gasteiger partial charge in [-0.1, -0.05) is 23.2 Å². The maximum absolute atomic E-state index is 11.7. The molecule has 0 bridgehead atoms. The van der Waals surface area contributed by atoms with Crippen LogP contribution < -0.4 is 0 Å². The number of hydrogen-bond acceptors (Lipinski definition) is 7. The topological polar surface area (TPSA) is 114 Å². The summed E-state index contributed by atoms with van der Waals surface area (Å²) in [6, 6.07) is 9.23. The Labute approximate surface area is 185 Å². The largest absolute Gasteiger partial charge is 0.447 e. The third-order valence-corrected chi connectivity index (χ3v) is 5.22. The molecule has 2 atom stereocenters. The van der Waals surface area contributed by atoms with Crippen LogP contribution in [0.3, 0.4) is 0 Å². The molecule has 2 aromatic heterocycles. The van der Waals surface area contributed by atoms with Crippen molar-refractivity contribution < 1.29 is 24.3 Å². The van der Waals surface area contributed by atoms with Crippen LogP contribution in [0.15, 0.2) is 47.2 Å². The number of nitrogens with zero attached hydrogens (tertiary/aromatic N) is 4. The molecular weight excluding hydrogens is 412 g/mol. The Morgan fingerprint density at radius 1 is 1.28 bits per heavy atom. The Morgan fingerprint density at radius 3 is 2.84 bits per heavy atom. The van der Waals surface area contributed by atoms with Crippen LogP contribution in [0.4, 0.5) is 4.79 Å². The average molecular weight is 436 g/mol. The zero-order chi connectivity index (χ0) is 22.5. The number of imidazole rings is 1. The normalized spacial score (nSPS) is 16.5. The number of cyclic esters (lactones) is 1. The van der Waals surface area contributed by atoms with Crippen molar-refractivity contribution in [1.82, 2.24) is 19.6 Å². The van der Waals surface area contributed by atoms with E-state index in [1.165, 1.54) is 0 Å². The second-order valence-corrected chi connectivity index (χ2v) is 7.58. The first-order chi connectivity index (χ1) is 15.5. The van der Waals surface area contributed by atoms with E-state index in [4.69, 9.17) is 9.26 Å². The summed E-state index contributed by atoms with van der Waals surface area (Å²) >= 11 is 0. The molecule has 1 saturated heterocycles. The maximum atomic E-state index is 11.7. The number of carbonyl (C=O) groups is 1. The number of hydrogen-bond donors (Lipinski definition) is 2. The summed E-state index contributed by atoms with van der Waals surface area (Å²) in [5, 5.41) is 23.1. The van der Waals surface area contributed by atoms with Gasteiger partial charge in [-0.25, -0.2) is 9.78 Å². The molecule has 9 nitrogen and oxygen atoms in total. The summed E-state index contributed by atoms with van der Waals surface area (Å²) in [5.74, 6) is 7.03. The van der Waals surface area contributed by atoms with E-state index in [-0.39, 0.29) is 25.3 Å². The summed E-state index contributed by atoms with van der Waals surface area (Å²) < 4.78 is 12.1. The number of amides is 1.